The Kier molecular flexibility index (Phi) is 8.49. The molecular weight excluding hydrogens is 371 g/mol. The van der Waals surface area contributed by atoms with Crippen molar-refractivity contribution < 1.29 is 23.4 Å². The monoisotopic (exact) mass is 406 g/mol. The fraction of sp³-hybridized carbons (Fsp3) is 0.708. The van der Waals surface area contributed by atoms with Crippen molar-refractivity contribution in [2.45, 2.75) is 84.0 Å². The Morgan fingerprint density at radius 2 is 1.76 bits per heavy atom. The van der Waals surface area contributed by atoms with Crippen LogP contribution in [0, 0.1) is 17.7 Å². The zero-order valence-corrected chi connectivity index (χ0v) is 17.8. The number of rotatable bonds is 8. The van der Waals surface area contributed by atoms with Crippen molar-refractivity contribution in [1.82, 2.24) is 0 Å². The molecular formula is C24H35FO4. The van der Waals surface area contributed by atoms with Crippen LogP contribution >= 0.6 is 0 Å². The fourth-order valence-corrected chi connectivity index (χ4v) is 4.39. The van der Waals surface area contributed by atoms with Crippen molar-refractivity contribution >= 4 is 5.97 Å². The largest absolute Gasteiger partial charge is 0.459 e. The molecule has 0 bridgehead atoms. The molecule has 3 rings (SSSR count). The molecule has 0 atom stereocenters. The number of esters is 1. The molecule has 1 aromatic carbocycles. The molecule has 0 amide bonds. The maximum absolute atomic E-state index is 14.6. The standard InChI is InChI=1S/C24H35FO4/c1-3-5-7-17-8-11-20(12-9-17)29-23(26)19-10-13-21(22(25)14-19)24-27-15-18(6-4-2)16-28-24/h10,13-14,17-18,20,24H,3-9,11-12,15-16H2,1-2H3/t17?,18-,20?,24-. The highest BCUT2D eigenvalue weighted by Gasteiger charge is 2.27. The van der Waals surface area contributed by atoms with Gasteiger partial charge in [0.2, 0.25) is 0 Å². The van der Waals surface area contributed by atoms with E-state index in [0.717, 1.165) is 44.4 Å². The van der Waals surface area contributed by atoms with Crippen molar-refractivity contribution in [1.29, 1.82) is 0 Å². The second-order valence-electron chi connectivity index (χ2n) is 8.58. The van der Waals surface area contributed by atoms with Crippen LogP contribution in [0.4, 0.5) is 4.39 Å². The zero-order valence-electron chi connectivity index (χ0n) is 17.8. The molecule has 0 N–H and O–H groups in total. The number of ether oxygens (including phenoxy) is 3. The first-order valence-corrected chi connectivity index (χ1v) is 11.3. The lowest BCUT2D eigenvalue weighted by molar-refractivity contribution is -0.207. The number of hydrogen-bond donors (Lipinski definition) is 0. The lowest BCUT2D eigenvalue weighted by atomic mass is 9.84. The molecule has 162 valence electrons. The van der Waals surface area contributed by atoms with Crippen LogP contribution in [0.2, 0.25) is 0 Å². The molecule has 1 saturated carbocycles. The quantitative estimate of drug-likeness (QED) is 0.483. The van der Waals surface area contributed by atoms with Crippen molar-refractivity contribution in [2.24, 2.45) is 11.8 Å². The normalized spacial score (nSPS) is 27.6. The van der Waals surface area contributed by atoms with E-state index in [1.165, 1.54) is 25.3 Å². The van der Waals surface area contributed by atoms with Crippen molar-refractivity contribution in [3.63, 3.8) is 0 Å². The van der Waals surface area contributed by atoms with Crippen molar-refractivity contribution in [3.8, 4) is 0 Å². The Morgan fingerprint density at radius 1 is 1.03 bits per heavy atom. The summed E-state index contributed by atoms with van der Waals surface area (Å²) in [5.74, 6) is 0.197. The second-order valence-corrected chi connectivity index (χ2v) is 8.58. The summed E-state index contributed by atoms with van der Waals surface area (Å²) in [5, 5.41) is 0. The predicted octanol–water partition coefficient (Wildman–Crippen LogP) is 6.19. The number of carbonyl (C=O) groups excluding carboxylic acids is 1. The van der Waals surface area contributed by atoms with Gasteiger partial charge in [-0.15, -0.1) is 0 Å². The number of unbranched alkanes of at least 4 members (excludes halogenated alkanes) is 1. The fourth-order valence-electron chi connectivity index (χ4n) is 4.39. The number of hydrogen-bond acceptors (Lipinski definition) is 4. The molecule has 0 aromatic heterocycles. The third-order valence-electron chi connectivity index (χ3n) is 6.19. The van der Waals surface area contributed by atoms with Gasteiger partial charge in [-0.05, 0) is 50.2 Å². The van der Waals surface area contributed by atoms with Crippen LogP contribution in [0.5, 0.6) is 0 Å². The van der Waals surface area contributed by atoms with Crippen molar-refractivity contribution in [3.05, 3.63) is 35.1 Å². The van der Waals surface area contributed by atoms with Gasteiger partial charge in [0.05, 0.1) is 18.8 Å². The van der Waals surface area contributed by atoms with E-state index in [1.54, 1.807) is 12.1 Å². The Hall–Kier alpha value is -1.46. The molecule has 1 aliphatic carbocycles. The van der Waals surface area contributed by atoms with Gasteiger partial charge in [0, 0.05) is 11.5 Å². The molecule has 0 unspecified atom stereocenters. The summed E-state index contributed by atoms with van der Waals surface area (Å²) in [4.78, 5) is 12.5. The third-order valence-corrected chi connectivity index (χ3v) is 6.19. The topological polar surface area (TPSA) is 44.8 Å². The van der Waals surface area contributed by atoms with E-state index in [4.69, 9.17) is 14.2 Å². The van der Waals surface area contributed by atoms with Crippen LogP contribution < -0.4 is 0 Å². The van der Waals surface area contributed by atoms with Gasteiger partial charge in [-0.1, -0.05) is 45.6 Å². The van der Waals surface area contributed by atoms with Crippen LogP contribution in [0.15, 0.2) is 18.2 Å². The maximum Gasteiger partial charge on any atom is 0.338 e. The highest BCUT2D eigenvalue weighted by Crippen LogP contribution is 2.31. The Bertz CT molecular complexity index is 646. The highest BCUT2D eigenvalue weighted by atomic mass is 19.1. The van der Waals surface area contributed by atoms with E-state index >= 15 is 0 Å². The summed E-state index contributed by atoms with van der Waals surface area (Å²) in [6, 6.07) is 4.44. The summed E-state index contributed by atoms with van der Waals surface area (Å²) in [6.45, 7) is 5.49. The lowest BCUT2D eigenvalue weighted by Gasteiger charge is -2.30. The SMILES string of the molecule is CCCCC1CCC(OC(=O)c2ccc([C@H]3OC[C@H](CCC)CO3)c(F)c2)CC1. The number of carbonyl (C=O) groups is 1. The number of benzene rings is 1. The first kappa shape index (κ1) is 22.2. The molecule has 1 aromatic rings. The lowest BCUT2D eigenvalue weighted by Crippen LogP contribution is -2.27. The molecule has 1 saturated heterocycles. The van der Waals surface area contributed by atoms with Gasteiger partial charge in [0.25, 0.3) is 0 Å². The molecule has 1 heterocycles. The predicted molar refractivity (Wildman–Crippen MR) is 110 cm³/mol. The summed E-state index contributed by atoms with van der Waals surface area (Å²) >= 11 is 0. The van der Waals surface area contributed by atoms with E-state index < -0.39 is 18.1 Å². The molecule has 2 aliphatic rings. The molecule has 0 radical (unpaired) electrons. The smallest absolute Gasteiger partial charge is 0.338 e. The Morgan fingerprint density at radius 3 is 2.38 bits per heavy atom. The van der Waals surface area contributed by atoms with Crippen LogP contribution in [-0.2, 0) is 14.2 Å². The first-order chi connectivity index (χ1) is 14.1. The molecule has 5 heteroatoms. The molecule has 2 fully saturated rings. The average Bonchev–Trinajstić information content (AvgIpc) is 2.74. The Labute approximate surface area is 174 Å². The number of halogens is 1. The maximum atomic E-state index is 14.6. The zero-order chi connectivity index (χ0) is 20.6. The minimum absolute atomic E-state index is 0.0522. The third kappa shape index (κ3) is 6.26. The molecule has 29 heavy (non-hydrogen) atoms. The van der Waals surface area contributed by atoms with E-state index in [-0.39, 0.29) is 11.7 Å². The summed E-state index contributed by atoms with van der Waals surface area (Å²) in [6.07, 6.45) is 9.17. The van der Waals surface area contributed by atoms with Gasteiger partial charge in [0.15, 0.2) is 6.29 Å². The molecule has 4 nitrogen and oxygen atoms in total. The van der Waals surface area contributed by atoms with Gasteiger partial charge in [0.1, 0.15) is 11.9 Å². The van der Waals surface area contributed by atoms with Gasteiger partial charge < -0.3 is 14.2 Å². The molecule has 0 spiro atoms. The van der Waals surface area contributed by atoms with E-state index in [2.05, 4.69) is 13.8 Å². The van der Waals surface area contributed by atoms with Gasteiger partial charge >= 0.3 is 5.97 Å². The minimum Gasteiger partial charge on any atom is -0.459 e. The highest BCUT2D eigenvalue weighted by molar-refractivity contribution is 5.89. The second kappa shape index (κ2) is 11.1. The van der Waals surface area contributed by atoms with Gasteiger partial charge in [-0.3, -0.25) is 0 Å². The van der Waals surface area contributed by atoms with Crippen LogP contribution in [0.25, 0.3) is 0 Å². The Balaban J connectivity index is 1.50. The summed E-state index contributed by atoms with van der Waals surface area (Å²) < 4.78 is 31.6. The van der Waals surface area contributed by atoms with Gasteiger partial charge in [-0.25, -0.2) is 9.18 Å². The molecule has 1 aliphatic heterocycles. The minimum atomic E-state index is -0.702. The van der Waals surface area contributed by atoms with E-state index in [0.29, 0.717) is 24.7 Å². The van der Waals surface area contributed by atoms with Crippen molar-refractivity contribution in [2.75, 3.05) is 13.2 Å². The average molecular weight is 407 g/mol. The van der Waals surface area contributed by atoms with Crippen LogP contribution in [0.1, 0.15) is 93.8 Å². The first-order valence-electron chi connectivity index (χ1n) is 11.3. The van der Waals surface area contributed by atoms with Crippen LogP contribution in [-0.4, -0.2) is 25.3 Å². The van der Waals surface area contributed by atoms with Gasteiger partial charge in [-0.2, -0.15) is 0 Å². The summed E-state index contributed by atoms with van der Waals surface area (Å²) in [5.41, 5.74) is 0.590. The van der Waals surface area contributed by atoms with Crippen LogP contribution in [0.3, 0.4) is 0 Å². The summed E-state index contributed by atoms with van der Waals surface area (Å²) in [7, 11) is 0. The van der Waals surface area contributed by atoms with E-state index in [9.17, 15) is 9.18 Å². The van der Waals surface area contributed by atoms with E-state index in [1.807, 2.05) is 0 Å².